The molecule has 1 aliphatic rings. The molecule has 0 aromatic heterocycles. The highest BCUT2D eigenvalue weighted by atomic mass is 32.2. The summed E-state index contributed by atoms with van der Waals surface area (Å²) in [6.45, 7) is 3.77. The van der Waals surface area contributed by atoms with Crippen molar-refractivity contribution in [1.29, 1.82) is 0 Å². The molecular weight excluding hydrogens is 268 g/mol. The number of nitrogens with zero attached hydrogens (tertiary/aromatic N) is 1. The Hall–Kier alpha value is -0.710. The van der Waals surface area contributed by atoms with Crippen molar-refractivity contribution in [1.82, 2.24) is 10.2 Å². The minimum absolute atomic E-state index is 0.737. The van der Waals surface area contributed by atoms with E-state index in [1.165, 1.54) is 24.2 Å². The van der Waals surface area contributed by atoms with E-state index in [0.717, 1.165) is 38.0 Å². The van der Waals surface area contributed by atoms with E-state index in [-0.39, 0.29) is 0 Å². The predicted octanol–water partition coefficient (Wildman–Crippen LogP) is 2.61. The molecule has 0 aliphatic heterocycles. The monoisotopic (exact) mass is 294 g/mol. The molecule has 0 radical (unpaired) electrons. The van der Waals surface area contributed by atoms with E-state index in [1.807, 2.05) is 17.8 Å². The Morgan fingerprint density at radius 1 is 1.30 bits per heavy atom. The standard InChI is InChI=1S/C16H26N2OS/c1-18(10-12-20-2)9-11-19-16-6-4-3-5-14(16)13-17-15-7-8-15/h3-6,15,17H,7-13H2,1-2H3. The van der Waals surface area contributed by atoms with E-state index >= 15 is 0 Å². The molecule has 0 atom stereocenters. The fraction of sp³-hybridized carbons (Fsp3) is 0.625. The molecule has 0 unspecified atom stereocenters. The molecule has 112 valence electrons. The summed E-state index contributed by atoms with van der Waals surface area (Å²) >= 11 is 1.89. The molecule has 0 heterocycles. The van der Waals surface area contributed by atoms with Gasteiger partial charge < -0.3 is 15.0 Å². The number of thioether (sulfide) groups is 1. The van der Waals surface area contributed by atoms with Gasteiger partial charge in [0.05, 0.1) is 0 Å². The van der Waals surface area contributed by atoms with E-state index in [4.69, 9.17) is 4.74 Å². The maximum absolute atomic E-state index is 5.95. The molecule has 0 amide bonds. The molecule has 2 rings (SSSR count). The zero-order chi connectivity index (χ0) is 14.2. The average molecular weight is 294 g/mol. The summed E-state index contributed by atoms with van der Waals surface area (Å²) in [6, 6.07) is 9.10. The first-order chi connectivity index (χ1) is 9.79. The normalized spacial score (nSPS) is 14.8. The van der Waals surface area contributed by atoms with Crippen LogP contribution in [0.2, 0.25) is 0 Å². The van der Waals surface area contributed by atoms with Crippen molar-refractivity contribution in [2.75, 3.05) is 38.8 Å². The number of para-hydroxylation sites is 1. The van der Waals surface area contributed by atoms with Gasteiger partial charge in [0.2, 0.25) is 0 Å². The lowest BCUT2D eigenvalue weighted by Crippen LogP contribution is -2.26. The summed E-state index contributed by atoms with van der Waals surface area (Å²) in [5.74, 6) is 2.21. The Morgan fingerprint density at radius 2 is 2.10 bits per heavy atom. The van der Waals surface area contributed by atoms with Crippen molar-refractivity contribution in [2.24, 2.45) is 0 Å². The molecule has 0 spiro atoms. The van der Waals surface area contributed by atoms with Crippen LogP contribution < -0.4 is 10.1 Å². The Labute approximate surface area is 127 Å². The van der Waals surface area contributed by atoms with Crippen molar-refractivity contribution in [2.45, 2.75) is 25.4 Å². The van der Waals surface area contributed by atoms with Crippen LogP contribution in [0.3, 0.4) is 0 Å². The lowest BCUT2D eigenvalue weighted by Gasteiger charge is -2.17. The summed E-state index contributed by atoms with van der Waals surface area (Å²) in [6.07, 6.45) is 4.79. The van der Waals surface area contributed by atoms with Gasteiger partial charge in [0.1, 0.15) is 12.4 Å². The number of hydrogen-bond donors (Lipinski definition) is 1. The van der Waals surface area contributed by atoms with Crippen LogP contribution in [0.4, 0.5) is 0 Å². The molecule has 20 heavy (non-hydrogen) atoms. The molecule has 1 saturated carbocycles. The second-order valence-corrected chi connectivity index (χ2v) is 6.39. The van der Waals surface area contributed by atoms with E-state index in [9.17, 15) is 0 Å². The van der Waals surface area contributed by atoms with Crippen molar-refractivity contribution in [3.05, 3.63) is 29.8 Å². The maximum Gasteiger partial charge on any atom is 0.123 e. The second-order valence-electron chi connectivity index (χ2n) is 5.41. The quantitative estimate of drug-likeness (QED) is 0.717. The molecule has 3 nitrogen and oxygen atoms in total. The summed E-state index contributed by atoms with van der Waals surface area (Å²) in [5, 5.41) is 3.55. The van der Waals surface area contributed by atoms with Crippen LogP contribution in [0.5, 0.6) is 5.75 Å². The second kappa shape index (κ2) is 8.55. The molecule has 4 heteroatoms. The van der Waals surface area contributed by atoms with Crippen LogP contribution in [0, 0.1) is 0 Å². The number of benzene rings is 1. The van der Waals surface area contributed by atoms with Crippen molar-refractivity contribution < 1.29 is 4.74 Å². The Bertz CT molecular complexity index is 396. The van der Waals surface area contributed by atoms with E-state index in [2.05, 4.69) is 41.7 Å². The van der Waals surface area contributed by atoms with Crippen LogP contribution in [0.1, 0.15) is 18.4 Å². The van der Waals surface area contributed by atoms with Crippen LogP contribution in [0.25, 0.3) is 0 Å². The molecule has 0 bridgehead atoms. The van der Waals surface area contributed by atoms with E-state index in [1.54, 1.807) is 0 Å². The highest BCUT2D eigenvalue weighted by Crippen LogP contribution is 2.22. The number of hydrogen-bond acceptors (Lipinski definition) is 4. The van der Waals surface area contributed by atoms with Crippen molar-refractivity contribution >= 4 is 11.8 Å². The SMILES string of the molecule is CSCCN(C)CCOc1ccccc1CNC1CC1. The zero-order valence-electron chi connectivity index (χ0n) is 12.6. The van der Waals surface area contributed by atoms with Gasteiger partial charge in [0.15, 0.2) is 0 Å². The van der Waals surface area contributed by atoms with Gasteiger partial charge in [-0.3, -0.25) is 0 Å². The van der Waals surface area contributed by atoms with Gasteiger partial charge in [-0.2, -0.15) is 11.8 Å². The average Bonchev–Trinajstić information content (AvgIpc) is 3.28. The van der Waals surface area contributed by atoms with Crippen LogP contribution >= 0.6 is 11.8 Å². The van der Waals surface area contributed by atoms with Crippen LogP contribution in [-0.2, 0) is 6.54 Å². The summed E-state index contributed by atoms with van der Waals surface area (Å²) < 4.78 is 5.95. The Balaban J connectivity index is 1.73. The van der Waals surface area contributed by atoms with Crippen molar-refractivity contribution in [3.8, 4) is 5.75 Å². The van der Waals surface area contributed by atoms with Gasteiger partial charge in [0, 0.05) is 37.0 Å². The molecule has 0 saturated heterocycles. The lowest BCUT2D eigenvalue weighted by atomic mass is 10.2. The van der Waals surface area contributed by atoms with Crippen LogP contribution in [0.15, 0.2) is 24.3 Å². The number of rotatable bonds is 10. The van der Waals surface area contributed by atoms with Crippen LogP contribution in [-0.4, -0.2) is 49.7 Å². The number of ether oxygens (including phenoxy) is 1. The summed E-state index contributed by atoms with van der Waals surface area (Å²) in [7, 11) is 2.15. The minimum Gasteiger partial charge on any atom is -0.492 e. The summed E-state index contributed by atoms with van der Waals surface area (Å²) in [5.41, 5.74) is 1.27. The minimum atomic E-state index is 0.737. The van der Waals surface area contributed by atoms with Gasteiger partial charge in [-0.15, -0.1) is 0 Å². The highest BCUT2D eigenvalue weighted by molar-refractivity contribution is 7.98. The Kier molecular flexibility index (Phi) is 6.70. The Morgan fingerprint density at radius 3 is 2.85 bits per heavy atom. The third-order valence-corrected chi connectivity index (χ3v) is 4.13. The largest absolute Gasteiger partial charge is 0.492 e. The molecule has 1 aliphatic carbocycles. The lowest BCUT2D eigenvalue weighted by molar-refractivity contribution is 0.243. The first-order valence-corrected chi connectivity index (χ1v) is 8.80. The van der Waals surface area contributed by atoms with Crippen molar-refractivity contribution in [3.63, 3.8) is 0 Å². The van der Waals surface area contributed by atoms with Gasteiger partial charge in [-0.05, 0) is 32.2 Å². The van der Waals surface area contributed by atoms with E-state index in [0.29, 0.717) is 0 Å². The fourth-order valence-corrected chi connectivity index (χ4v) is 2.50. The van der Waals surface area contributed by atoms with Gasteiger partial charge in [-0.25, -0.2) is 0 Å². The third kappa shape index (κ3) is 5.73. The van der Waals surface area contributed by atoms with Gasteiger partial charge >= 0.3 is 0 Å². The first kappa shape index (κ1) is 15.7. The van der Waals surface area contributed by atoms with Gasteiger partial charge in [-0.1, -0.05) is 18.2 Å². The first-order valence-electron chi connectivity index (χ1n) is 7.41. The molecule has 1 aromatic rings. The maximum atomic E-state index is 5.95. The van der Waals surface area contributed by atoms with Gasteiger partial charge in [0.25, 0.3) is 0 Å². The molecule has 1 N–H and O–H groups in total. The smallest absolute Gasteiger partial charge is 0.123 e. The number of likely N-dealkylation sites (N-methyl/N-ethyl adjacent to an activating group) is 1. The topological polar surface area (TPSA) is 24.5 Å². The van der Waals surface area contributed by atoms with E-state index < -0.39 is 0 Å². The highest BCUT2D eigenvalue weighted by Gasteiger charge is 2.20. The number of nitrogens with one attached hydrogen (secondary N) is 1. The summed E-state index contributed by atoms with van der Waals surface area (Å²) in [4.78, 5) is 2.32. The fourth-order valence-electron chi connectivity index (χ4n) is 2.00. The molecule has 1 aromatic carbocycles. The zero-order valence-corrected chi connectivity index (χ0v) is 13.4. The molecule has 1 fully saturated rings. The predicted molar refractivity (Wildman–Crippen MR) is 87.7 cm³/mol. The molecular formula is C16H26N2OS. The third-order valence-electron chi connectivity index (χ3n) is 3.54.